The highest BCUT2D eigenvalue weighted by Crippen LogP contribution is 2.31. The molecule has 0 bridgehead atoms. The molecule has 3 nitrogen and oxygen atoms in total. The molecule has 3 heteroatoms. The van der Waals surface area contributed by atoms with Crippen LogP contribution in [0.2, 0.25) is 0 Å². The molecule has 20 heavy (non-hydrogen) atoms. The van der Waals surface area contributed by atoms with Gasteiger partial charge in [-0.1, -0.05) is 24.1 Å². The third-order valence-electron chi connectivity index (χ3n) is 4.54. The number of aromatic hydroxyl groups is 1. The van der Waals surface area contributed by atoms with E-state index in [1.165, 1.54) is 44.2 Å². The highest BCUT2D eigenvalue weighted by Gasteiger charge is 2.31. The lowest BCUT2D eigenvalue weighted by Crippen LogP contribution is -2.44. The summed E-state index contributed by atoms with van der Waals surface area (Å²) in [4.78, 5) is 2.57. The maximum absolute atomic E-state index is 10.0. The van der Waals surface area contributed by atoms with Crippen molar-refractivity contribution in [1.29, 1.82) is 0 Å². The lowest BCUT2D eigenvalue weighted by atomic mass is 10.0. The summed E-state index contributed by atoms with van der Waals surface area (Å²) >= 11 is 0. The predicted molar refractivity (Wildman–Crippen MR) is 81.9 cm³/mol. The molecule has 110 valence electrons. The number of hydrogen-bond acceptors (Lipinski definition) is 3. The fraction of sp³-hybridized carbons (Fsp3) is 0.647. The molecule has 1 unspecified atom stereocenters. The van der Waals surface area contributed by atoms with Crippen LogP contribution in [0.3, 0.4) is 0 Å². The van der Waals surface area contributed by atoms with E-state index >= 15 is 0 Å². The van der Waals surface area contributed by atoms with Gasteiger partial charge in [0, 0.05) is 30.7 Å². The minimum absolute atomic E-state index is 0.442. The predicted octanol–water partition coefficient (Wildman–Crippen LogP) is 2.81. The van der Waals surface area contributed by atoms with Crippen LogP contribution in [0.1, 0.15) is 43.2 Å². The zero-order valence-corrected chi connectivity index (χ0v) is 12.4. The SMILES string of the molecule is Cc1ccc(O)c(CN(CC2CCCCN2)C2CC2)c1. The third kappa shape index (κ3) is 3.53. The van der Waals surface area contributed by atoms with Gasteiger partial charge in [0.2, 0.25) is 0 Å². The van der Waals surface area contributed by atoms with Gasteiger partial charge in [-0.15, -0.1) is 0 Å². The molecule has 1 aliphatic carbocycles. The van der Waals surface area contributed by atoms with Crippen molar-refractivity contribution in [2.75, 3.05) is 13.1 Å². The van der Waals surface area contributed by atoms with Crippen molar-refractivity contribution < 1.29 is 5.11 Å². The van der Waals surface area contributed by atoms with E-state index in [9.17, 15) is 5.11 Å². The van der Waals surface area contributed by atoms with Crippen LogP contribution >= 0.6 is 0 Å². The molecule has 0 spiro atoms. The van der Waals surface area contributed by atoms with E-state index in [1.54, 1.807) is 0 Å². The largest absolute Gasteiger partial charge is 0.508 e. The van der Waals surface area contributed by atoms with Gasteiger partial charge in [0.25, 0.3) is 0 Å². The summed E-state index contributed by atoms with van der Waals surface area (Å²) in [6.07, 6.45) is 6.60. The fourth-order valence-electron chi connectivity index (χ4n) is 3.21. The van der Waals surface area contributed by atoms with E-state index in [0.29, 0.717) is 11.8 Å². The van der Waals surface area contributed by atoms with Crippen LogP contribution in [-0.2, 0) is 6.54 Å². The Morgan fingerprint density at radius 3 is 2.80 bits per heavy atom. The van der Waals surface area contributed by atoms with Crippen molar-refractivity contribution in [3.63, 3.8) is 0 Å². The number of phenols is 1. The summed E-state index contributed by atoms with van der Waals surface area (Å²) in [5.74, 6) is 0.442. The summed E-state index contributed by atoms with van der Waals surface area (Å²) in [6, 6.07) is 7.30. The van der Waals surface area contributed by atoms with E-state index in [0.717, 1.165) is 24.7 Å². The molecule has 2 fully saturated rings. The first-order valence-electron chi connectivity index (χ1n) is 7.98. The molecule has 1 saturated heterocycles. The number of aryl methyl sites for hydroxylation is 1. The number of phenolic OH excluding ortho intramolecular Hbond substituents is 1. The molecule has 2 N–H and O–H groups in total. The Labute approximate surface area is 122 Å². The second kappa shape index (κ2) is 6.15. The van der Waals surface area contributed by atoms with Crippen LogP contribution in [0.5, 0.6) is 5.75 Å². The smallest absolute Gasteiger partial charge is 0.120 e. The number of nitrogens with zero attached hydrogens (tertiary/aromatic N) is 1. The third-order valence-corrected chi connectivity index (χ3v) is 4.54. The Bertz CT molecular complexity index is 450. The fourth-order valence-corrected chi connectivity index (χ4v) is 3.21. The van der Waals surface area contributed by atoms with Crippen molar-refractivity contribution in [2.24, 2.45) is 0 Å². The standard InChI is InChI=1S/C17H26N2O/c1-13-5-8-17(20)14(10-13)11-19(16-6-7-16)12-15-4-2-3-9-18-15/h5,8,10,15-16,18,20H,2-4,6-7,9,11-12H2,1H3. The summed E-state index contributed by atoms with van der Waals surface area (Å²) < 4.78 is 0. The summed E-state index contributed by atoms with van der Waals surface area (Å²) in [6.45, 7) is 5.26. The first-order valence-corrected chi connectivity index (χ1v) is 7.98. The van der Waals surface area contributed by atoms with Gasteiger partial charge >= 0.3 is 0 Å². The lowest BCUT2D eigenvalue weighted by Gasteiger charge is -2.31. The Morgan fingerprint density at radius 2 is 2.10 bits per heavy atom. The quantitative estimate of drug-likeness (QED) is 0.866. The second-order valence-corrected chi connectivity index (χ2v) is 6.44. The molecule has 0 aromatic heterocycles. The number of rotatable bonds is 5. The molecule has 1 atom stereocenters. The molecule has 1 aromatic rings. The van der Waals surface area contributed by atoms with Gasteiger partial charge in [0.15, 0.2) is 0 Å². The first-order chi connectivity index (χ1) is 9.72. The molecule has 3 rings (SSSR count). The second-order valence-electron chi connectivity index (χ2n) is 6.44. The van der Waals surface area contributed by atoms with Crippen molar-refractivity contribution in [2.45, 2.75) is 57.7 Å². The molecular formula is C17H26N2O. The first kappa shape index (κ1) is 13.9. The maximum atomic E-state index is 10.0. The zero-order chi connectivity index (χ0) is 13.9. The summed E-state index contributed by atoms with van der Waals surface area (Å²) in [5, 5.41) is 13.7. The van der Waals surface area contributed by atoms with Crippen LogP contribution in [0, 0.1) is 6.92 Å². The summed E-state index contributed by atoms with van der Waals surface area (Å²) in [7, 11) is 0. The minimum atomic E-state index is 0.442. The molecule has 0 radical (unpaired) electrons. The molecule has 1 heterocycles. The Hall–Kier alpha value is -1.06. The topological polar surface area (TPSA) is 35.5 Å². The average Bonchev–Trinajstić information content (AvgIpc) is 3.28. The Kier molecular flexibility index (Phi) is 4.27. The molecule has 1 aliphatic heterocycles. The van der Waals surface area contributed by atoms with Crippen LogP contribution < -0.4 is 5.32 Å². The van der Waals surface area contributed by atoms with Gasteiger partial charge in [-0.25, -0.2) is 0 Å². The monoisotopic (exact) mass is 274 g/mol. The van der Waals surface area contributed by atoms with Crippen molar-refractivity contribution in [3.05, 3.63) is 29.3 Å². The van der Waals surface area contributed by atoms with Crippen LogP contribution in [0.25, 0.3) is 0 Å². The van der Waals surface area contributed by atoms with E-state index < -0.39 is 0 Å². The number of benzene rings is 1. The van der Waals surface area contributed by atoms with E-state index in [4.69, 9.17) is 0 Å². The zero-order valence-electron chi connectivity index (χ0n) is 12.4. The molecule has 1 saturated carbocycles. The summed E-state index contributed by atoms with van der Waals surface area (Å²) in [5.41, 5.74) is 2.30. The van der Waals surface area contributed by atoms with Gasteiger partial charge in [0.05, 0.1) is 0 Å². The molecule has 1 aromatic carbocycles. The lowest BCUT2D eigenvalue weighted by molar-refractivity contribution is 0.206. The highest BCUT2D eigenvalue weighted by atomic mass is 16.3. The van der Waals surface area contributed by atoms with E-state index in [-0.39, 0.29) is 0 Å². The van der Waals surface area contributed by atoms with Crippen molar-refractivity contribution in [1.82, 2.24) is 10.2 Å². The number of piperidine rings is 1. The maximum Gasteiger partial charge on any atom is 0.120 e. The van der Waals surface area contributed by atoms with Gasteiger partial charge < -0.3 is 10.4 Å². The molecular weight excluding hydrogens is 248 g/mol. The van der Waals surface area contributed by atoms with Gasteiger partial charge in [-0.2, -0.15) is 0 Å². The highest BCUT2D eigenvalue weighted by molar-refractivity contribution is 5.35. The molecule has 0 amide bonds. The molecule has 2 aliphatic rings. The van der Waals surface area contributed by atoms with Crippen molar-refractivity contribution >= 4 is 0 Å². The van der Waals surface area contributed by atoms with Crippen LogP contribution in [0.15, 0.2) is 18.2 Å². The van der Waals surface area contributed by atoms with E-state index in [2.05, 4.69) is 23.2 Å². The van der Waals surface area contributed by atoms with Gasteiger partial charge in [-0.05, 0) is 45.2 Å². The van der Waals surface area contributed by atoms with Gasteiger partial charge in [0.1, 0.15) is 5.75 Å². The Morgan fingerprint density at radius 1 is 1.25 bits per heavy atom. The average molecular weight is 274 g/mol. The van der Waals surface area contributed by atoms with Crippen LogP contribution in [-0.4, -0.2) is 35.2 Å². The van der Waals surface area contributed by atoms with Crippen LogP contribution in [0.4, 0.5) is 0 Å². The van der Waals surface area contributed by atoms with Gasteiger partial charge in [-0.3, -0.25) is 4.90 Å². The minimum Gasteiger partial charge on any atom is -0.508 e. The van der Waals surface area contributed by atoms with E-state index in [1.807, 2.05) is 12.1 Å². The Balaban J connectivity index is 1.66. The number of hydrogen-bond donors (Lipinski definition) is 2. The normalized spacial score (nSPS) is 23.2. The number of nitrogens with one attached hydrogen (secondary N) is 1. The van der Waals surface area contributed by atoms with Crippen molar-refractivity contribution in [3.8, 4) is 5.75 Å².